The zero-order valence-electron chi connectivity index (χ0n) is 3.58. The van der Waals surface area contributed by atoms with Crippen molar-refractivity contribution in [1.82, 2.24) is 0 Å². The molecule has 0 saturated carbocycles. The number of rotatable bonds is 1. The molecule has 0 aliphatic heterocycles. The van der Waals surface area contributed by atoms with Crippen LogP contribution in [0.25, 0.3) is 0 Å². The zero-order valence-corrected chi connectivity index (χ0v) is 9.14. The molecule has 0 rings (SSSR count). The van der Waals surface area contributed by atoms with Crippen LogP contribution in [0.3, 0.4) is 0 Å². The van der Waals surface area contributed by atoms with Crippen LogP contribution in [-0.2, 0) is 0 Å². The summed E-state index contributed by atoms with van der Waals surface area (Å²) in [5.74, 6) is 0. The monoisotopic (exact) mass is 287 g/mol. The molecule has 0 saturated heterocycles. The predicted octanol–water partition coefficient (Wildman–Crippen LogP) is 2.10. The van der Waals surface area contributed by atoms with Crippen molar-refractivity contribution in [2.45, 2.75) is 0 Å². The van der Waals surface area contributed by atoms with Crippen molar-refractivity contribution in [2.24, 2.45) is 0 Å². The van der Waals surface area contributed by atoms with E-state index in [1.54, 1.807) is 0 Å². The third-order valence-electron chi connectivity index (χ3n) is 0.106. The summed E-state index contributed by atoms with van der Waals surface area (Å²) in [7, 11) is 6.17. The van der Waals surface area contributed by atoms with Gasteiger partial charge in [0.2, 0.25) is 0 Å². The van der Waals surface area contributed by atoms with Gasteiger partial charge in [0.05, 0.1) is 0 Å². The van der Waals surface area contributed by atoms with E-state index >= 15 is 0 Å². The minimum atomic E-state index is -2.00. The molecule has 0 aromatic carbocycles. The van der Waals surface area contributed by atoms with Gasteiger partial charge in [0.25, 0.3) is 0 Å². The second-order valence-corrected chi connectivity index (χ2v) is 24.2. The van der Waals surface area contributed by atoms with E-state index in [2.05, 4.69) is 17.6 Å². The Labute approximate surface area is 63.1 Å². The summed E-state index contributed by atoms with van der Waals surface area (Å²) in [4.78, 5) is 0. The summed E-state index contributed by atoms with van der Waals surface area (Å²) in [6.07, 6.45) is 0. The van der Waals surface area contributed by atoms with Crippen molar-refractivity contribution in [1.29, 1.82) is 0.594 Å². The Morgan fingerprint density at radius 3 is 2.00 bits per heavy atom. The molecule has 0 aromatic heterocycles. The van der Waals surface area contributed by atoms with E-state index in [1.807, 2.05) is 0 Å². The normalized spacial score (nSPS) is 16.7. The van der Waals surface area contributed by atoms with Crippen molar-refractivity contribution >= 4 is 63.0 Å². The average Bonchev–Trinajstić information content (AvgIpc) is 1.31. The van der Waals surface area contributed by atoms with Crippen LogP contribution in [0.1, 0.15) is 0 Å². The topological polar surface area (TPSA) is 0 Å². The van der Waals surface area contributed by atoms with Crippen LogP contribution in [-0.4, -0.2) is 18.2 Å². The van der Waals surface area contributed by atoms with E-state index in [0.717, 1.165) is 0 Å². The molecule has 0 aromatic rings. The van der Waals surface area contributed by atoms with Gasteiger partial charge in [-0.15, -0.1) is 0 Å². The Balaban J connectivity index is 3.54. The van der Waals surface area contributed by atoms with Crippen LogP contribution in [0, 0.1) is 0 Å². The molecule has 0 aliphatic rings. The average molecular weight is 288 g/mol. The molecular formula is HCl2IPSi2+. The molecule has 6 radical (unpaired) electrons. The Bertz CT molecular complexity index is 61.2. The van der Waals surface area contributed by atoms with Gasteiger partial charge in [0.15, 0.2) is 0 Å². The Morgan fingerprint density at radius 2 is 2.00 bits per heavy atom. The van der Waals surface area contributed by atoms with Crippen molar-refractivity contribution < 1.29 is 0 Å². The molecule has 0 amide bonds. The van der Waals surface area contributed by atoms with Crippen LogP contribution in [0.4, 0.5) is 0 Å². The van der Waals surface area contributed by atoms with Crippen molar-refractivity contribution in [3.8, 4) is 0 Å². The van der Waals surface area contributed by atoms with Crippen LogP contribution in [0.2, 0.25) is 0 Å². The molecular weight excluding hydrogens is 285 g/mol. The molecule has 0 spiro atoms. The second kappa shape index (κ2) is 3.25. The molecule has 0 unspecified atom stereocenters. The zero-order chi connectivity index (χ0) is 6.08. The van der Waals surface area contributed by atoms with Crippen molar-refractivity contribution in [3.05, 3.63) is 0 Å². The van der Waals surface area contributed by atoms with Gasteiger partial charge >= 0.3 is 63.5 Å². The Kier molecular flexibility index (Phi) is 3.41. The first-order chi connectivity index (χ1) is 2.94. The summed E-state index contributed by atoms with van der Waals surface area (Å²) in [6, 6.07) is 0. The quantitative estimate of drug-likeness (QED) is 0.300. The second-order valence-electron chi connectivity index (χ2n) is 0.530. The van der Waals surface area contributed by atoms with Crippen LogP contribution in [0.15, 0.2) is 0 Å². The maximum atomic E-state index is 7.04. The molecule has 6 heteroatoms. The Morgan fingerprint density at radius 1 is 1.83 bits per heavy atom. The fraction of sp³-hybridized carbons (Fsp3) is 0. The van der Waals surface area contributed by atoms with Gasteiger partial charge in [-0.1, -0.05) is 0 Å². The van der Waals surface area contributed by atoms with Crippen molar-refractivity contribution in [2.75, 3.05) is 0 Å². The van der Waals surface area contributed by atoms with E-state index < -0.39 is 22.8 Å². The van der Waals surface area contributed by atoms with Gasteiger partial charge in [0.1, 0.15) is 0 Å². The molecule has 0 nitrogen and oxygen atoms in total. The van der Waals surface area contributed by atoms with Gasteiger partial charge in [0, 0.05) is 0 Å². The molecule has 0 N–H and O–H groups in total. The Hall–Kier alpha value is 2.17. The summed E-state index contributed by atoms with van der Waals surface area (Å²) in [5.41, 5.74) is 0. The fourth-order valence-electron chi connectivity index (χ4n) is 0. The van der Waals surface area contributed by atoms with E-state index in [4.69, 9.17) is 23.1 Å². The first kappa shape index (κ1) is 6.30. The van der Waals surface area contributed by atoms with Crippen LogP contribution in [0.5, 0.6) is 0 Å². The molecule has 0 fully saturated rings. The minimum absolute atomic E-state index is 1.90. The summed E-state index contributed by atoms with van der Waals surface area (Å²) in [5, 5.41) is 0. The fourth-order valence-corrected chi connectivity index (χ4v) is 0. The predicted molar refractivity (Wildman–Crippen MR) is 45.5 cm³/mol. The maximum absolute atomic E-state index is 7.04. The van der Waals surface area contributed by atoms with E-state index in [1.165, 1.54) is 0 Å². The standard InChI is InChI=1S/Cl2HIPSi2/c1-4(2,6)3-5/h3H/q+1/i3T. The molecule has 0 bridgehead atoms. The molecule has 0 heterocycles. The number of halogens is 3. The van der Waals surface area contributed by atoms with Gasteiger partial charge in [-0.3, -0.25) is 0 Å². The molecule has 6 heavy (non-hydrogen) atoms. The SMILES string of the molecule is [3H]I([Si])[P+]([Si])(Cl)Cl. The molecule has 34 valence electrons. The van der Waals surface area contributed by atoms with Crippen LogP contribution >= 0.6 is 45.3 Å². The molecule has 0 aliphatic carbocycles. The number of hydrogen-bond acceptors (Lipinski definition) is 0. The van der Waals surface area contributed by atoms with Gasteiger partial charge < -0.3 is 0 Å². The van der Waals surface area contributed by atoms with Crippen molar-refractivity contribution in [3.63, 3.8) is 0 Å². The van der Waals surface area contributed by atoms with E-state index in [9.17, 15) is 0 Å². The first-order valence-corrected chi connectivity index (χ1v) is 12.3. The van der Waals surface area contributed by atoms with Crippen LogP contribution < -0.4 is 0 Å². The first-order valence-electron chi connectivity index (χ1n) is 1.30. The van der Waals surface area contributed by atoms with Gasteiger partial charge in [-0.2, -0.15) is 0 Å². The molecule has 0 atom stereocenters. The van der Waals surface area contributed by atoms with Gasteiger partial charge in [-0.05, 0) is 0 Å². The summed E-state index contributed by atoms with van der Waals surface area (Å²) < 4.78 is 5.04. The third-order valence-corrected chi connectivity index (χ3v) is 19.2. The third kappa shape index (κ3) is 6.17. The summed E-state index contributed by atoms with van der Waals surface area (Å²) >= 11 is 9.09. The van der Waals surface area contributed by atoms with E-state index in [-0.39, 0.29) is 0 Å². The van der Waals surface area contributed by atoms with Gasteiger partial charge in [-0.25, -0.2) is 0 Å². The number of hydrogen-bond donors (Lipinski definition) is 0. The van der Waals surface area contributed by atoms with E-state index in [0.29, 0.717) is 0 Å². The summed E-state index contributed by atoms with van der Waals surface area (Å²) in [6.45, 7) is 0.